The molecule has 2 aliphatic rings. The predicted octanol–water partition coefficient (Wildman–Crippen LogP) is 4.01. The maximum absolute atomic E-state index is 2.36. The van der Waals surface area contributed by atoms with Crippen molar-refractivity contribution in [3.8, 4) is 0 Å². The lowest BCUT2D eigenvalue weighted by Gasteiger charge is -2.25. The zero-order valence-electron chi connectivity index (χ0n) is 8.42. The minimum absolute atomic E-state index is 0.844. The van der Waals surface area contributed by atoms with Crippen LogP contribution in [0, 0.1) is 5.92 Å². The first-order valence-corrected chi connectivity index (χ1v) is 5.48. The zero-order valence-corrected chi connectivity index (χ0v) is 8.42. The summed E-state index contributed by atoms with van der Waals surface area (Å²) in [5.41, 5.74) is 3.23. The molecule has 2 rings (SSSR count). The van der Waals surface area contributed by atoms with Crippen LogP contribution in [0.2, 0.25) is 0 Å². The lowest BCUT2D eigenvalue weighted by atomic mass is 9.80. The van der Waals surface area contributed by atoms with Gasteiger partial charge in [0.25, 0.3) is 0 Å². The average molecular weight is 174 g/mol. The van der Waals surface area contributed by atoms with E-state index in [9.17, 15) is 0 Å². The third kappa shape index (κ3) is 1.77. The van der Waals surface area contributed by atoms with Gasteiger partial charge in [-0.15, -0.1) is 0 Å². The summed E-state index contributed by atoms with van der Waals surface area (Å²) in [6.45, 7) is 2.26. The van der Waals surface area contributed by atoms with Crippen molar-refractivity contribution in [1.82, 2.24) is 0 Å². The topological polar surface area (TPSA) is 0 Å². The molecular formula is C13H18. The summed E-state index contributed by atoms with van der Waals surface area (Å²) in [5, 5.41) is 0. The summed E-state index contributed by atoms with van der Waals surface area (Å²) in [5.74, 6) is 0.844. The molecule has 0 heterocycles. The molecule has 0 nitrogen and oxygen atoms in total. The fraction of sp³-hybridized carbons (Fsp3) is 0.538. The van der Waals surface area contributed by atoms with Gasteiger partial charge < -0.3 is 0 Å². The minimum atomic E-state index is 0.844. The molecular weight excluding hydrogens is 156 g/mol. The molecule has 0 aromatic carbocycles. The van der Waals surface area contributed by atoms with E-state index in [4.69, 9.17) is 0 Å². The van der Waals surface area contributed by atoms with Crippen LogP contribution in [0.15, 0.2) is 35.5 Å². The molecule has 0 aliphatic heterocycles. The van der Waals surface area contributed by atoms with E-state index in [0.29, 0.717) is 0 Å². The molecule has 0 saturated carbocycles. The number of allylic oxidation sites excluding steroid dienone is 6. The quantitative estimate of drug-likeness (QED) is 0.593. The van der Waals surface area contributed by atoms with Crippen molar-refractivity contribution in [3.05, 3.63) is 35.5 Å². The van der Waals surface area contributed by atoms with Crippen LogP contribution in [0.4, 0.5) is 0 Å². The van der Waals surface area contributed by atoms with Crippen molar-refractivity contribution in [3.63, 3.8) is 0 Å². The van der Waals surface area contributed by atoms with E-state index in [1.807, 2.05) is 0 Å². The molecule has 0 radical (unpaired) electrons. The summed E-state index contributed by atoms with van der Waals surface area (Å²) in [6, 6.07) is 0. The summed E-state index contributed by atoms with van der Waals surface area (Å²) < 4.78 is 0. The van der Waals surface area contributed by atoms with Crippen LogP contribution in [-0.2, 0) is 0 Å². The average Bonchev–Trinajstić information content (AvgIpc) is 2.19. The van der Waals surface area contributed by atoms with Crippen molar-refractivity contribution in [2.75, 3.05) is 0 Å². The van der Waals surface area contributed by atoms with Crippen molar-refractivity contribution in [2.45, 2.75) is 39.0 Å². The monoisotopic (exact) mass is 174 g/mol. The van der Waals surface area contributed by atoms with Gasteiger partial charge in [0.05, 0.1) is 0 Å². The van der Waals surface area contributed by atoms with E-state index in [-0.39, 0.29) is 0 Å². The first-order chi connectivity index (χ1) is 6.42. The second-order valence-electron chi connectivity index (χ2n) is 4.05. The fourth-order valence-electron chi connectivity index (χ4n) is 2.38. The lowest BCUT2D eigenvalue weighted by molar-refractivity contribution is 0.557. The van der Waals surface area contributed by atoms with Gasteiger partial charge in [0, 0.05) is 0 Å². The van der Waals surface area contributed by atoms with Gasteiger partial charge in [0.1, 0.15) is 0 Å². The molecule has 0 saturated heterocycles. The largest absolute Gasteiger partial charge is 0.0842 e. The van der Waals surface area contributed by atoms with Gasteiger partial charge in [0.15, 0.2) is 0 Å². The van der Waals surface area contributed by atoms with E-state index in [1.54, 1.807) is 11.1 Å². The van der Waals surface area contributed by atoms with Crippen LogP contribution in [0.1, 0.15) is 39.0 Å². The molecule has 0 bridgehead atoms. The van der Waals surface area contributed by atoms with Crippen molar-refractivity contribution >= 4 is 0 Å². The fourth-order valence-corrected chi connectivity index (χ4v) is 2.38. The van der Waals surface area contributed by atoms with Crippen LogP contribution < -0.4 is 0 Å². The summed E-state index contributed by atoms with van der Waals surface area (Å²) >= 11 is 0. The summed E-state index contributed by atoms with van der Waals surface area (Å²) in [6.07, 6.45) is 15.8. The molecule has 1 unspecified atom stereocenters. The van der Waals surface area contributed by atoms with Crippen molar-refractivity contribution < 1.29 is 0 Å². The number of hydrogen-bond donors (Lipinski definition) is 0. The maximum Gasteiger partial charge on any atom is -0.0122 e. The molecule has 0 heteroatoms. The second kappa shape index (κ2) is 3.95. The van der Waals surface area contributed by atoms with Gasteiger partial charge in [0.2, 0.25) is 0 Å². The highest BCUT2D eigenvalue weighted by atomic mass is 14.2. The Bertz CT molecular complexity index is 266. The molecule has 0 fully saturated rings. The standard InChI is InChI=1S/C13H18/c1-2-6-11-8-5-9-12-7-3-4-10-13(11)12/h4-5,8,10,12H,2-3,6-7,9H2,1H3. The lowest BCUT2D eigenvalue weighted by Crippen LogP contribution is -2.10. The van der Waals surface area contributed by atoms with Gasteiger partial charge in [-0.05, 0) is 42.7 Å². The van der Waals surface area contributed by atoms with Gasteiger partial charge in [-0.2, -0.15) is 0 Å². The Morgan fingerprint density at radius 1 is 1.31 bits per heavy atom. The Morgan fingerprint density at radius 3 is 3.08 bits per heavy atom. The molecule has 0 aromatic heterocycles. The molecule has 0 aromatic rings. The maximum atomic E-state index is 2.36. The van der Waals surface area contributed by atoms with Gasteiger partial charge in [-0.1, -0.05) is 37.6 Å². The number of fused-ring (bicyclic) bond motifs is 1. The molecule has 13 heavy (non-hydrogen) atoms. The molecule has 0 amide bonds. The summed E-state index contributed by atoms with van der Waals surface area (Å²) in [4.78, 5) is 0. The van der Waals surface area contributed by atoms with Crippen LogP contribution in [0.3, 0.4) is 0 Å². The van der Waals surface area contributed by atoms with Crippen LogP contribution in [-0.4, -0.2) is 0 Å². The Labute approximate surface area is 81.0 Å². The van der Waals surface area contributed by atoms with Crippen molar-refractivity contribution in [2.24, 2.45) is 5.92 Å². The first kappa shape index (κ1) is 8.80. The summed E-state index contributed by atoms with van der Waals surface area (Å²) in [7, 11) is 0. The zero-order chi connectivity index (χ0) is 9.10. The van der Waals surface area contributed by atoms with E-state index < -0.39 is 0 Å². The minimum Gasteiger partial charge on any atom is -0.0842 e. The molecule has 2 aliphatic carbocycles. The predicted molar refractivity (Wildman–Crippen MR) is 57.6 cm³/mol. The third-order valence-electron chi connectivity index (χ3n) is 3.05. The number of hydrogen-bond acceptors (Lipinski definition) is 0. The van der Waals surface area contributed by atoms with Crippen molar-refractivity contribution in [1.29, 1.82) is 0 Å². The highest BCUT2D eigenvalue weighted by Crippen LogP contribution is 2.34. The van der Waals surface area contributed by atoms with Crippen LogP contribution >= 0.6 is 0 Å². The SMILES string of the molecule is CCCC1=C2C=CCCC2CC=C1. The normalized spacial score (nSPS) is 26.4. The third-order valence-corrected chi connectivity index (χ3v) is 3.05. The Kier molecular flexibility index (Phi) is 2.68. The Balaban J connectivity index is 2.27. The van der Waals surface area contributed by atoms with E-state index in [0.717, 1.165) is 5.92 Å². The molecule has 1 atom stereocenters. The molecule has 0 N–H and O–H groups in total. The Morgan fingerprint density at radius 2 is 2.23 bits per heavy atom. The van der Waals surface area contributed by atoms with E-state index >= 15 is 0 Å². The van der Waals surface area contributed by atoms with Gasteiger partial charge in [-0.25, -0.2) is 0 Å². The smallest absolute Gasteiger partial charge is 0.0122 e. The van der Waals surface area contributed by atoms with E-state index in [1.165, 1.54) is 32.1 Å². The van der Waals surface area contributed by atoms with E-state index in [2.05, 4.69) is 31.2 Å². The van der Waals surface area contributed by atoms with Crippen LogP contribution in [0.5, 0.6) is 0 Å². The molecule has 0 spiro atoms. The Hall–Kier alpha value is -0.780. The van der Waals surface area contributed by atoms with Gasteiger partial charge >= 0.3 is 0 Å². The first-order valence-electron chi connectivity index (χ1n) is 5.48. The number of rotatable bonds is 2. The second-order valence-corrected chi connectivity index (χ2v) is 4.05. The highest BCUT2D eigenvalue weighted by Gasteiger charge is 2.18. The van der Waals surface area contributed by atoms with Gasteiger partial charge in [-0.3, -0.25) is 0 Å². The highest BCUT2D eigenvalue weighted by molar-refractivity contribution is 5.39. The molecule has 70 valence electrons. The van der Waals surface area contributed by atoms with Crippen LogP contribution in [0.25, 0.3) is 0 Å².